The molecule has 0 radical (unpaired) electrons. The Morgan fingerprint density at radius 1 is 1.55 bits per heavy atom. The molecule has 0 bridgehead atoms. The minimum Gasteiger partial charge on any atom is -0.374 e. The van der Waals surface area contributed by atoms with E-state index in [-0.39, 0.29) is 5.60 Å². The summed E-state index contributed by atoms with van der Waals surface area (Å²) in [6, 6.07) is 2.77. The SMILES string of the molecule is CCNC(c1sccc1C)C1CCOC2(CCSC2)C1. The number of hydrogen-bond acceptors (Lipinski definition) is 4. The second kappa shape index (κ2) is 6.39. The molecule has 1 N–H and O–H groups in total. The number of aryl methyl sites for hydroxylation is 1. The van der Waals surface area contributed by atoms with E-state index in [1.165, 1.54) is 36.3 Å². The molecule has 1 aromatic rings. The summed E-state index contributed by atoms with van der Waals surface area (Å²) >= 11 is 3.98. The molecule has 0 amide bonds. The molecule has 112 valence electrons. The number of thioether (sulfide) groups is 1. The lowest BCUT2D eigenvalue weighted by Crippen LogP contribution is -2.43. The molecule has 0 aliphatic carbocycles. The highest BCUT2D eigenvalue weighted by Crippen LogP contribution is 2.45. The van der Waals surface area contributed by atoms with Crippen LogP contribution in [0.15, 0.2) is 11.4 Å². The number of ether oxygens (including phenoxy) is 1. The molecule has 2 saturated heterocycles. The zero-order valence-electron chi connectivity index (χ0n) is 12.5. The standard InChI is InChI=1S/C16H25NOS2/c1-3-17-14(15-12(2)5-8-20-15)13-4-7-18-16(10-13)6-9-19-11-16/h5,8,13-14,17H,3-4,6-7,9-11H2,1-2H3. The first kappa shape index (κ1) is 14.9. The van der Waals surface area contributed by atoms with Gasteiger partial charge in [0.15, 0.2) is 0 Å². The van der Waals surface area contributed by atoms with Crippen molar-refractivity contribution in [2.24, 2.45) is 5.92 Å². The van der Waals surface area contributed by atoms with Crippen molar-refractivity contribution in [1.29, 1.82) is 0 Å². The Morgan fingerprint density at radius 2 is 2.45 bits per heavy atom. The van der Waals surface area contributed by atoms with Crippen LogP contribution in [0.25, 0.3) is 0 Å². The highest BCUT2D eigenvalue weighted by atomic mass is 32.2. The van der Waals surface area contributed by atoms with Gasteiger partial charge in [-0.25, -0.2) is 0 Å². The van der Waals surface area contributed by atoms with E-state index >= 15 is 0 Å². The van der Waals surface area contributed by atoms with Gasteiger partial charge in [0.1, 0.15) is 0 Å². The van der Waals surface area contributed by atoms with Crippen LogP contribution in [-0.4, -0.2) is 30.3 Å². The lowest BCUT2D eigenvalue weighted by molar-refractivity contribution is -0.0852. The van der Waals surface area contributed by atoms with E-state index < -0.39 is 0 Å². The molecule has 1 spiro atoms. The van der Waals surface area contributed by atoms with Crippen LogP contribution in [0.4, 0.5) is 0 Å². The second-order valence-electron chi connectivity index (χ2n) is 6.09. The van der Waals surface area contributed by atoms with Crippen molar-refractivity contribution >= 4 is 23.1 Å². The van der Waals surface area contributed by atoms with Crippen LogP contribution < -0.4 is 5.32 Å². The molecule has 0 saturated carbocycles. The minimum absolute atomic E-state index is 0.187. The molecule has 1 aromatic heterocycles. The van der Waals surface area contributed by atoms with Gasteiger partial charge in [-0.15, -0.1) is 11.3 Å². The quantitative estimate of drug-likeness (QED) is 0.908. The van der Waals surface area contributed by atoms with Gasteiger partial charge in [-0.3, -0.25) is 0 Å². The van der Waals surface area contributed by atoms with Crippen LogP contribution >= 0.6 is 23.1 Å². The van der Waals surface area contributed by atoms with Crippen molar-refractivity contribution in [2.45, 2.75) is 44.8 Å². The van der Waals surface area contributed by atoms with E-state index in [2.05, 4.69) is 42.4 Å². The summed E-state index contributed by atoms with van der Waals surface area (Å²) < 4.78 is 6.19. The predicted octanol–water partition coefficient (Wildman–Crippen LogP) is 4.01. The van der Waals surface area contributed by atoms with Gasteiger partial charge in [0.05, 0.1) is 5.60 Å². The van der Waals surface area contributed by atoms with Crippen molar-refractivity contribution in [3.63, 3.8) is 0 Å². The van der Waals surface area contributed by atoms with Crippen LogP contribution in [-0.2, 0) is 4.74 Å². The summed E-state index contributed by atoms with van der Waals surface area (Å²) in [5, 5.41) is 5.98. The van der Waals surface area contributed by atoms with Crippen molar-refractivity contribution in [3.8, 4) is 0 Å². The molecule has 0 aromatic carbocycles. The van der Waals surface area contributed by atoms with E-state index in [9.17, 15) is 0 Å². The fraction of sp³-hybridized carbons (Fsp3) is 0.750. The van der Waals surface area contributed by atoms with Crippen LogP contribution in [0.2, 0.25) is 0 Å². The number of nitrogens with one attached hydrogen (secondary N) is 1. The van der Waals surface area contributed by atoms with Crippen LogP contribution in [0.5, 0.6) is 0 Å². The van der Waals surface area contributed by atoms with Crippen LogP contribution in [0, 0.1) is 12.8 Å². The minimum atomic E-state index is 0.187. The molecular weight excluding hydrogens is 286 g/mol. The third kappa shape index (κ3) is 2.94. The Balaban J connectivity index is 1.79. The molecule has 2 fully saturated rings. The fourth-order valence-electron chi connectivity index (χ4n) is 3.61. The van der Waals surface area contributed by atoms with E-state index in [0.29, 0.717) is 6.04 Å². The molecule has 4 heteroatoms. The summed E-state index contributed by atoms with van der Waals surface area (Å²) in [6.45, 7) is 6.45. The first-order valence-corrected chi connectivity index (χ1v) is 9.76. The average Bonchev–Trinajstić information content (AvgIpc) is 3.06. The van der Waals surface area contributed by atoms with Gasteiger partial charge in [0.2, 0.25) is 0 Å². The Hall–Kier alpha value is -0.0300. The lowest BCUT2D eigenvalue weighted by Gasteiger charge is -2.41. The Morgan fingerprint density at radius 3 is 3.10 bits per heavy atom. The lowest BCUT2D eigenvalue weighted by atomic mass is 9.80. The molecule has 3 atom stereocenters. The normalized spacial score (nSPS) is 31.8. The maximum absolute atomic E-state index is 6.19. The van der Waals surface area contributed by atoms with Gasteiger partial charge >= 0.3 is 0 Å². The zero-order chi connectivity index (χ0) is 14.0. The topological polar surface area (TPSA) is 21.3 Å². The second-order valence-corrected chi connectivity index (χ2v) is 8.14. The average molecular weight is 312 g/mol. The maximum Gasteiger partial charge on any atom is 0.0783 e. The molecule has 3 heterocycles. The molecular formula is C16H25NOS2. The number of hydrogen-bond donors (Lipinski definition) is 1. The predicted molar refractivity (Wildman–Crippen MR) is 88.8 cm³/mol. The molecule has 2 aliphatic heterocycles. The monoisotopic (exact) mass is 311 g/mol. The van der Waals surface area contributed by atoms with E-state index in [0.717, 1.165) is 19.1 Å². The summed E-state index contributed by atoms with van der Waals surface area (Å²) in [5.74, 6) is 3.20. The largest absolute Gasteiger partial charge is 0.374 e. The van der Waals surface area contributed by atoms with Gasteiger partial charge in [-0.2, -0.15) is 11.8 Å². The van der Waals surface area contributed by atoms with Crippen molar-refractivity contribution in [2.75, 3.05) is 24.7 Å². The van der Waals surface area contributed by atoms with Crippen molar-refractivity contribution < 1.29 is 4.74 Å². The Labute approximate surface area is 130 Å². The van der Waals surface area contributed by atoms with Gasteiger partial charge in [0, 0.05) is 23.3 Å². The smallest absolute Gasteiger partial charge is 0.0783 e. The molecule has 3 unspecified atom stereocenters. The Kier molecular flexibility index (Phi) is 4.75. The van der Waals surface area contributed by atoms with Crippen LogP contribution in [0.1, 0.15) is 42.7 Å². The molecule has 20 heavy (non-hydrogen) atoms. The van der Waals surface area contributed by atoms with Crippen molar-refractivity contribution in [1.82, 2.24) is 5.32 Å². The van der Waals surface area contributed by atoms with E-state index in [1.807, 2.05) is 11.3 Å². The Bertz CT molecular complexity index is 439. The first-order valence-electron chi connectivity index (χ1n) is 7.73. The number of thiophene rings is 1. The highest BCUT2D eigenvalue weighted by molar-refractivity contribution is 7.99. The van der Waals surface area contributed by atoms with Gasteiger partial charge in [-0.1, -0.05) is 6.92 Å². The fourth-order valence-corrected chi connectivity index (χ4v) is 6.08. The summed E-state index contributed by atoms with van der Waals surface area (Å²) in [4.78, 5) is 1.54. The highest BCUT2D eigenvalue weighted by Gasteiger charge is 2.42. The summed E-state index contributed by atoms with van der Waals surface area (Å²) in [7, 11) is 0. The molecule has 2 nitrogen and oxygen atoms in total. The third-order valence-electron chi connectivity index (χ3n) is 4.68. The van der Waals surface area contributed by atoms with Crippen LogP contribution in [0.3, 0.4) is 0 Å². The zero-order valence-corrected chi connectivity index (χ0v) is 14.1. The van der Waals surface area contributed by atoms with Crippen molar-refractivity contribution in [3.05, 3.63) is 21.9 Å². The van der Waals surface area contributed by atoms with Gasteiger partial charge in [0.25, 0.3) is 0 Å². The van der Waals surface area contributed by atoms with E-state index in [1.54, 1.807) is 4.88 Å². The summed E-state index contributed by atoms with van der Waals surface area (Å²) in [5.41, 5.74) is 1.63. The van der Waals surface area contributed by atoms with Gasteiger partial charge in [-0.05, 0) is 61.4 Å². The van der Waals surface area contributed by atoms with E-state index in [4.69, 9.17) is 4.74 Å². The summed E-state index contributed by atoms with van der Waals surface area (Å²) in [6.07, 6.45) is 3.67. The maximum atomic E-state index is 6.19. The molecule has 3 rings (SSSR count). The number of rotatable bonds is 4. The molecule has 2 aliphatic rings. The third-order valence-corrected chi connectivity index (χ3v) is 7.00. The first-order chi connectivity index (χ1) is 9.74. The van der Waals surface area contributed by atoms with Gasteiger partial charge < -0.3 is 10.1 Å².